The maximum Gasteiger partial charge on any atom is 0.0594 e. The molecule has 2 nitrogen and oxygen atoms in total. The van der Waals surface area contributed by atoms with Gasteiger partial charge in [0.05, 0.1) is 12.7 Å². The van der Waals surface area contributed by atoms with E-state index in [9.17, 15) is 0 Å². The van der Waals surface area contributed by atoms with Gasteiger partial charge in [0, 0.05) is 6.54 Å². The lowest BCUT2D eigenvalue weighted by Crippen LogP contribution is -2.29. The molecule has 1 aliphatic rings. The van der Waals surface area contributed by atoms with Crippen molar-refractivity contribution >= 4 is 0 Å². The van der Waals surface area contributed by atoms with Crippen molar-refractivity contribution in [2.75, 3.05) is 19.7 Å². The Hall–Kier alpha value is -0.0800. The normalized spacial score (nSPS) is 28.5. The molecule has 1 rings (SSSR count). The molecule has 0 spiro atoms. The number of unbranched alkanes of at least 4 members (excludes halogenated alkanes) is 3. The van der Waals surface area contributed by atoms with E-state index in [-0.39, 0.29) is 0 Å². The van der Waals surface area contributed by atoms with Crippen LogP contribution in [-0.4, -0.2) is 25.8 Å². The molecule has 1 fully saturated rings. The van der Waals surface area contributed by atoms with Crippen LogP contribution in [0.2, 0.25) is 0 Å². The molecule has 108 valence electrons. The fraction of sp³-hybridized carbons (Fsp3) is 1.00. The molecular formula is C16H33NO. The highest BCUT2D eigenvalue weighted by atomic mass is 16.5. The summed E-state index contributed by atoms with van der Waals surface area (Å²) in [5.74, 6) is 1.73. The predicted octanol–water partition coefficient (Wildman–Crippen LogP) is 4.00. The van der Waals surface area contributed by atoms with E-state index in [1.54, 1.807) is 0 Å². The van der Waals surface area contributed by atoms with Gasteiger partial charge < -0.3 is 10.1 Å². The minimum Gasteiger partial charge on any atom is -0.377 e. The summed E-state index contributed by atoms with van der Waals surface area (Å²) >= 11 is 0. The Morgan fingerprint density at radius 2 is 1.83 bits per heavy atom. The molecule has 0 aromatic heterocycles. The van der Waals surface area contributed by atoms with E-state index < -0.39 is 0 Å². The van der Waals surface area contributed by atoms with Gasteiger partial charge in [0.1, 0.15) is 0 Å². The molecule has 1 saturated carbocycles. The number of ether oxygens (including phenoxy) is 1. The monoisotopic (exact) mass is 255 g/mol. The second-order valence-electron chi connectivity index (χ2n) is 6.07. The molecule has 18 heavy (non-hydrogen) atoms. The van der Waals surface area contributed by atoms with E-state index in [2.05, 4.69) is 26.1 Å². The van der Waals surface area contributed by atoms with Crippen LogP contribution in [0, 0.1) is 11.8 Å². The highest BCUT2D eigenvalue weighted by Gasteiger charge is 2.24. The van der Waals surface area contributed by atoms with Crippen molar-refractivity contribution in [2.45, 2.75) is 71.8 Å². The lowest BCUT2D eigenvalue weighted by Gasteiger charge is -2.32. The van der Waals surface area contributed by atoms with Crippen molar-refractivity contribution in [3.05, 3.63) is 0 Å². The fourth-order valence-corrected chi connectivity index (χ4v) is 2.75. The first-order valence-corrected chi connectivity index (χ1v) is 8.06. The Balaban J connectivity index is 1.89. The van der Waals surface area contributed by atoms with E-state index in [1.807, 2.05) is 0 Å². The highest BCUT2D eigenvalue weighted by molar-refractivity contribution is 4.75. The standard InChI is InChI=1S/C16H33NO/c1-4-5-6-7-10-17-11-12-18-16-9-8-14(2)15(3)13-16/h14-17H,4-13H2,1-3H3. The molecule has 0 aromatic carbocycles. The zero-order valence-corrected chi connectivity index (χ0v) is 12.7. The number of hydrogen-bond acceptors (Lipinski definition) is 2. The smallest absolute Gasteiger partial charge is 0.0594 e. The summed E-state index contributed by atoms with van der Waals surface area (Å²) in [6.07, 6.45) is 9.76. The number of hydrogen-bond donors (Lipinski definition) is 1. The third kappa shape index (κ3) is 6.75. The third-order valence-electron chi connectivity index (χ3n) is 4.39. The van der Waals surface area contributed by atoms with Crippen molar-refractivity contribution in [1.82, 2.24) is 5.32 Å². The predicted molar refractivity (Wildman–Crippen MR) is 78.9 cm³/mol. The molecule has 2 heteroatoms. The zero-order chi connectivity index (χ0) is 13.2. The largest absolute Gasteiger partial charge is 0.377 e. The average Bonchev–Trinajstić information content (AvgIpc) is 2.37. The SMILES string of the molecule is CCCCCCNCCOC1CCC(C)C(C)C1. The zero-order valence-electron chi connectivity index (χ0n) is 12.7. The molecule has 1 N–H and O–H groups in total. The van der Waals surface area contributed by atoms with Crippen molar-refractivity contribution in [3.63, 3.8) is 0 Å². The van der Waals surface area contributed by atoms with Crippen LogP contribution < -0.4 is 5.32 Å². The molecule has 0 aliphatic heterocycles. The van der Waals surface area contributed by atoms with Crippen molar-refractivity contribution in [2.24, 2.45) is 11.8 Å². The van der Waals surface area contributed by atoms with Crippen LogP contribution in [-0.2, 0) is 4.74 Å². The first kappa shape index (κ1) is 16.0. The second kappa shape index (κ2) is 9.80. The summed E-state index contributed by atoms with van der Waals surface area (Å²) < 4.78 is 5.97. The van der Waals surface area contributed by atoms with Crippen molar-refractivity contribution in [3.8, 4) is 0 Å². The molecule has 0 radical (unpaired) electrons. The Kier molecular flexibility index (Phi) is 8.70. The Morgan fingerprint density at radius 3 is 2.56 bits per heavy atom. The molecule has 0 heterocycles. The van der Waals surface area contributed by atoms with Gasteiger partial charge in [-0.1, -0.05) is 40.0 Å². The van der Waals surface area contributed by atoms with E-state index in [0.717, 1.165) is 31.5 Å². The van der Waals surface area contributed by atoms with Gasteiger partial charge in [-0.25, -0.2) is 0 Å². The Bertz CT molecular complexity index is 196. The van der Waals surface area contributed by atoms with Crippen LogP contribution >= 0.6 is 0 Å². The first-order valence-electron chi connectivity index (χ1n) is 8.06. The van der Waals surface area contributed by atoms with Crippen LogP contribution in [0.3, 0.4) is 0 Å². The van der Waals surface area contributed by atoms with Crippen LogP contribution in [0.1, 0.15) is 65.7 Å². The highest BCUT2D eigenvalue weighted by Crippen LogP contribution is 2.30. The lowest BCUT2D eigenvalue weighted by molar-refractivity contribution is 0.00435. The maximum absolute atomic E-state index is 5.97. The van der Waals surface area contributed by atoms with Gasteiger partial charge in [-0.2, -0.15) is 0 Å². The molecule has 0 aromatic rings. The quantitative estimate of drug-likeness (QED) is 0.629. The van der Waals surface area contributed by atoms with Gasteiger partial charge >= 0.3 is 0 Å². The van der Waals surface area contributed by atoms with E-state index in [1.165, 1.54) is 44.9 Å². The summed E-state index contributed by atoms with van der Waals surface area (Å²) in [6.45, 7) is 10.1. The summed E-state index contributed by atoms with van der Waals surface area (Å²) in [4.78, 5) is 0. The molecular weight excluding hydrogens is 222 g/mol. The van der Waals surface area contributed by atoms with Crippen LogP contribution in [0.5, 0.6) is 0 Å². The molecule has 1 aliphatic carbocycles. The van der Waals surface area contributed by atoms with Gasteiger partial charge in [-0.15, -0.1) is 0 Å². The lowest BCUT2D eigenvalue weighted by atomic mass is 9.80. The molecule has 0 amide bonds. The summed E-state index contributed by atoms with van der Waals surface area (Å²) in [5, 5.41) is 3.48. The van der Waals surface area contributed by atoms with Gasteiger partial charge in [0.2, 0.25) is 0 Å². The number of nitrogens with one attached hydrogen (secondary N) is 1. The van der Waals surface area contributed by atoms with E-state index >= 15 is 0 Å². The molecule has 0 bridgehead atoms. The van der Waals surface area contributed by atoms with Gasteiger partial charge in [0.15, 0.2) is 0 Å². The van der Waals surface area contributed by atoms with Crippen molar-refractivity contribution < 1.29 is 4.74 Å². The minimum absolute atomic E-state index is 0.526. The Morgan fingerprint density at radius 1 is 1.00 bits per heavy atom. The fourth-order valence-electron chi connectivity index (χ4n) is 2.75. The van der Waals surface area contributed by atoms with E-state index in [4.69, 9.17) is 4.74 Å². The summed E-state index contributed by atoms with van der Waals surface area (Å²) in [6, 6.07) is 0. The van der Waals surface area contributed by atoms with Crippen LogP contribution in [0.15, 0.2) is 0 Å². The van der Waals surface area contributed by atoms with Gasteiger partial charge in [0.25, 0.3) is 0 Å². The summed E-state index contributed by atoms with van der Waals surface area (Å²) in [5.41, 5.74) is 0. The van der Waals surface area contributed by atoms with Crippen LogP contribution in [0.25, 0.3) is 0 Å². The minimum atomic E-state index is 0.526. The van der Waals surface area contributed by atoms with Crippen molar-refractivity contribution in [1.29, 1.82) is 0 Å². The topological polar surface area (TPSA) is 21.3 Å². The average molecular weight is 255 g/mol. The first-order chi connectivity index (χ1) is 8.74. The maximum atomic E-state index is 5.97. The van der Waals surface area contributed by atoms with Gasteiger partial charge in [-0.05, 0) is 44.1 Å². The molecule has 3 unspecified atom stereocenters. The third-order valence-corrected chi connectivity index (χ3v) is 4.39. The second-order valence-corrected chi connectivity index (χ2v) is 6.07. The van der Waals surface area contributed by atoms with Gasteiger partial charge in [-0.3, -0.25) is 0 Å². The molecule has 3 atom stereocenters. The number of rotatable bonds is 9. The Labute approximate surface area is 114 Å². The molecule has 0 saturated heterocycles. The summed E-state index contributed by atoms with van der Waals surface area (Å²) in [7, 11) is 0. The van der Waals surface area contributed by atoms with E-state index in [0.29, 0.717) is 6.10 Å². The van der Waals surface area contributed by atoms with Crippen LogP contribution in [0.4, 0.5) is 0 Å².